The normalized spacial score (nSPS) is 10.9. The number of rotatable bonds is 4. The molecule has 0 spiro atoms. The number of hydrogen-bond donors (Lipinski definition) is 1. The van der Waals surface area contributed by atoms with Gasteiger partial charge in [0, 0.05) is 13.1 Å². The third-order valence-electron chi connectivity index (χ3n) is 2.91. The Balaban J connectivity index is 3.11. The lowest BCUT2D eigenvalue weighted by Crippen LogP contribution is -2.32. The highest BCUT2D eigenvalue weighted by Crippen LogP contribution is 2.26. The summed E-state index contributed by atoms with van der Waals surface area (Å²) < 4.78 is 0. The van der Waals surface area contributed by atoms with Crippen molar-refractivity contribution in [2.24, 2.45) is 0 Å². The number of nitrogen functional groups attached to an aromatic ring is 1. The zero-order chi connectivity index (χ0) is 12.3. The first-order valence-corrected chi connectivity index (χ1v) is 5.91. The van der Waals surface area contributed by atoms with E-state index < -0.39 is 0 Å². The average molecular weight is 243 g/mol. The van der Waals surface area contributed by atoms with Crippen LogP contribution in [0.5, 0.6) is 0 Å². The lowest BCUT2D eigenvalue weighted by molar-refractivity contribution is 0.587. The van der Waals surface area contributed by atoms with Gasteiger partial charge in [-0.1, -0.05) is 13.8 Å². The van der Waals surface area contributed by atoms with E-state index >= 15 is 0 Å². The van der Waals surface area contributed by atoms with Gasteiger partial charge in [0.1, 0.15) is 0 Å². The highest BCUT2D eigenvalue weighted by molar-refractivity contribution is 6.28. The molecule has 1 aromatic heterocycles. The van der Waals surface area contributed by atoms with E-state index in [0.29, 0.717) is 11.7 Å². The summed E-state index contributed by atoms with van der Waals surface area (Å²) in [7, 11) is 1.99. The monoisotopic (exact) mass is 242 g/mol. The molecule has 4 nitrogen and oxygen atoms in total. The Morgan fingerprint density at radius 1 is 1.31 bits per heavy atom. The third-order valence-corrected chi connectivity index (χ3v) is 3.08. The number of nitrogens with two attached hydrogens (primary N) is 1. The summed E-state index contributed by atoms with van der Waals surface area (Å²) in [5, 5.41) is 0.250. The van der Waals surface area contributed by atoms with Crippen molar-refractivity contribution in [3.8, 4) is 0 Å². The van der Waals surface area contributed by atoms with Crippen molar-refractivity contribution in [2.45, 2.75) is 39.7 Å². The first-order chi connectivity index (χ1) is 7.51. The van der Waals surface area contributed by atoms with Crippen molar-refractivity contribution < 1.29 is 0 Å². The van der Waals surface area contributed by atoms with Gasteiger partial charge in [0.15, 0.2) is 5.82 Å². The van der Waals surface area contributed by atoms with Crippen LogP contribution in [-0.2, 0) is 0 Å². The first-order valence-electron chi connectivity index (χ1n) is 5.53. The van der Waals surface area contributed by atoms with Gasteiger partial charge in [-0.2, -0.15) is 4.98 Å². The van der Waals surface area contributed by atoms with Crippen molar-refractivity contribution in [3.63, 3.8) is 0 Å². The van der Waals surface area contributed by atoms with Crippen molar-refractivity contribution >= 4 is 23.1 Å². The predicted molar refractivity (Wildman–Crippen MR) is 69.0 cm³/mol. The summed E-state index contributed by atoms with van der Waals surface area (Å²) in [4.78, 5) is 10.3. The highest BCUT2D eigenvalue weighted by Gasteiger charge is 2.17. The van der Waals surface area contributed by atoms with Gasteiger partial charge in [-0.05, 0) is 31.4 Å². The minimum absolute atomic E-state index is 0.250. The van der Waals surface area contributed by atoms with Crippen LogP contribution in [0.3, 0.4) is 0 Å². The van der Waals surface area contributed by atoms with Crippen molar-refractivity contribution in [1.82, 2.24) is 9.97 Å². The number of nitrogens with zero attached hydrogens (tertiary/aromatic N) is 3. The molecule has 0 radical (unpaired) electrons. The van der Waals surface area contributed by atoms with Gasteiger partial charge >= 0.3 is 0 Å². The Hall–Kier alpha value is -1.03. The van der Waals surface area contributed by atoms with Gasteiger partial charge in [0.2, 0.25) is 5.28 Å². The highest BCUT2D eigenvalue weighted by atomic mass is 35.5. The lowest BCUT2D eigenvalue weighted by Gasteiger charge is -2.28. The van der Waals surface area contributed by atoms with Crippen LogP contribution in [0.1, 0.15) is 32.4 Å². The molecule has 90 valence electrons. The topological polar surface area (TPSA) is 55.0 Å². The van der Waals surface area contributed by atoms with Crippen LogP contribution in [0.15, 0.2) is 0 Å². The number of aryl methyl sites for hydroxylation is 1. The van der Waals surface area contributed by atoms with E-state index in [4.69, 9.17) is 17.3 Å². The minimum atomic E-state index is 0.250. The number of halogens is 1. The second-order valence-electron chi connectivity index (χ2n) is 3.90. The lowest BCUT2D eigenvalue weighted by atomic mass is 10.1. The van der Waals surface area contributed by atoms with Crippen LogP contribution < -0.4 is 10.6 Å². The smallest absolute Gasteiger partial charge is 0.224 e. The number of anilines is 2. The molecule has 1 heterocycles. The van der Waals surface area contributed by atoms with E-state index in [1.54, 1.807) is 0 Å². The molecule has 0 fully saturated rings. The first kappa shape index (κ1) is 13.0. The van der Waals surface area contributed by atoms with E-state index in [-0.39, 0.29) is 5.28 Å². The van der Waals surface area contributed by atoms with Crippen LogP contribution >= 0.6 is 11.6 Å². The molecule has 2 N–H and O–H groups in total. The molecular formula is C11H19ClN4. The number of aromatic nitrogens is 2. The second-order valence-corrected chi connectivity index (χ2v) is 4.23. The van der Waals surface area contributed by atoms with Gasteiger partial charge in [-0.3, -0.25) is 0 Å². The maximum absolute atomic E-state index is 5.97. The Morgan fingerprint density at radius 3 is 2.38 bits per heavy atom. The zero-order valence-corrected chi connectivity index (χ0v) is 11.0. The fraction of sp³-hybridized carbons (Fsp3) is 0.636. The van der Waals surface area contributed by atoms with E-state index in [2.05, 4.69) is 28.7 Å². The SMILES string of the molecule is CCC(CC)N(C)c1nc(Cl)nc(C)c1N. The van der Waals surface area contributed by atoms with E-state index in [9.17, 15) is 0 Å². The van der Waals surface area contributed by atoms with Gasteiger partial charge in [-0.15, -0.1) is 0 Å². The quantitative estimate of drug-likeness (QED) is 0.825. The fourth-order valence-corrected chi connectivity index (χ4v) is 2.02. The maximum Gasteiger partial charge on any atom is 0.224 e. The molecule has 0 unspecified atom stereocenters. The molecule has 0 saturated carbocycles. The van der Waals surface area contributed by atoms with Crippen molar-refractivity contribution in [3.05, 3.63) is 11.0 Å². The van der Waals surface area contributed by atoms with Crippen LogP contribution in [0, 0.1) is 6.92 Å². The Bertz CT molecular complexity index is 363. The van der Waals surface area contributed by atoms with Crippen molar-refractivity contribution in [1.29, 1.82) is 0 Å². The predicted octanol–water partition coefficient (Wildman–Crippen LogP) is 2.65. The van der Waals surface area contributed by atoms with Crippen LogP contribution in [0.4, 0.5) is 11.5 Å². The van der Waals surface area contributed by atoms with Gasteiger partial charge in [0.05, 0.1) is 11.4 Å². The molecule has 0 aromatic carbocycles. The second kappa shape index (κ2) is 5.34. The maximum atomic E-state index is 5.97. The summed E-state index contributed by atoms with van der Waals surface area (Å²) in [6.07, 6.45) is 2.10. The van der Waals surface area contributed by atoms with Gasteiger partial charge in [-0.25, -0.2) is 4.98 Å². The van der Waals surface area contributed by atoms with Crippen LogP contribution in [-0.4, -0.2) is 23.1 Å². The molecule has 1 aromatic rings. The summed E-state index contributed by atoms with van der Waals surface area (Å²) in [5.41, 5.74) is 7.31. The summed E-state index contributed by atoms with van der Waals surface area (Å²) >= 11 is 5.85. The zero-order valence-electron chi connectivity index (χ0n) is 10.3. The Kier molecular flexibility index (Phi) is 4.35. The largest absolute Gasteiger partial charge is 0.394 e. The average Bonchev–Trinajstić information content (AvgIpc) is 2.24. The fourth-order valence-electron chi connectivity index (χ4n) is 1.81. The molecule has 0 amide bonds. The molecule has 0 atom stereocenters. The van der Waals surface area contributed by atoms with Gasteiger partial charge < -0.3 is 10.6 Å². The molecule has 5 heteroatoms. The molecule has 1 rings (SSSR count). The summed E-state index contributed by atoms with van der Waals surface area (Å²) in [5.74, 6) is 0.728. The van der Waals surface area contributed by atoms with E-state index in [1.165, 1.54) is 0 Å². The Labute approximate surface area is 102 Å². The molecule has 0 aliphatic heterocycles. The van der Waals surface area contributed by atoms with Crippen molar-refractivity contribution in [2.75, 3.05) is 17.7 Å². The molecule has 0 bridgehead atoms. The number of hydrogen-bond acceptors (Lipinski definition) is 4. The van der Waals surface area contributed by atoms with Gasteiger partial charge in [0.25, 0.3) is 0 Å². The third kappa shape index (κ3) is 2.55. The summed E-state index contributed by atoms with van der Waals surface area (Å²) in [6, 6.07) is 0.424. The standard InChI is InChI=1S/C11H19ClN4/c1-5-8(6-2)16(4)10-9(13)7(3)14-11(12)15-10/h8H,5-6,13H2,1-4H3. The molecular weight excluding hydrogens is 224 g/mol. The van der Waals surface area contributed by atoms with E-state index in [1.807, 2.05) is 14.0 Å². The van der Waals surface area contributed by atoms with Crippen LogP contribution in [0.2, 0.25) is 5.28 Å². The molecule has 16 heavy (non-hydrogen) atoms. The Morgan fingerprint density at radius 2 is 1.88 bits per heavy atom. The van der Waals surface area contributed by atoms with Crippen LogP contribution in [0.25, 0.3) is 0 Å². The molecule has 0 aliphatic carbocycles. The minimum Gasteiger partial charge on any atom is -0.394 e. The molecule has 0 saturated heterocycles. The summed E-state index contributed by atoms with van der Waals surface area (Å²) in [6.45, 7) is 6.14. The van der Waals surface area contributed by atoms with E-state index in [0.717, 1.165) is 24.4 Å². The molecule has 0 aliphatic rings.